The largest absolute Gasteiger partial charge is 0.497 e. The number of fused-ring (bicyclic) bond motifs is 1. The Bertz CT molecular complexity index is 1200. The van der Waals surface area contributed by atoms with Crippen LogP contribution in [0.4, 0.5) is 5.13 Å². The summed E-state index contributed by atoms with van der Waals surface area (Å²) >= 11 is 1.56. The van der Waals surface area contributed by atoms with E-state index in [4.69, 9.17) is 19.2 Å². The van der Waals surface area contributed by atoms with E-state index in [0.717, 1.165) is 34.4 Å². The molecule has 0 fully saturated rings. The SMILES string of the molecule is CCN(CCN(C)S(=O)(=O)c1ccc(OC)cc1)c1nc(Cc2ccc3c(c2)OCO3)cs1. The first kappa shape index (κ1) is 23.3. The fourth-order valence-corrected chi connectivity index (χ4v) is 5.56. The first-order chi connectivity index (χ1) is 15.9. The third kappa shape index (κ3) is 5.23. The molecule has 0 saturated carbocycles. The van der Waals surface area contributed by atoms with Crippen LogP contribution in [0.3, 0.4) is 0 Å². The summed E-state index contributed by atoms with van der Waals surface area (Å²) in [4.78, 5) is 7.11. The maximum atomic E-state index is 12.9. The number of likely N-dealkylation sites (N-methyl/N-ethyl adjacent to an activating group) is 2. The van der Waals surface area contributed by atoms with Gasteiger partial charge in [-0.05, 0) is 48.9 Å². The van der Waals surface area contributed by atoms with Crippen molar-refractivity contribution in [1.29, 1.82) is 0 Å². The van der Waals surface area contributed by atoms with Crippen molar-refractivity contribution in [2.75, 3.05) is 45.5 Å². The number of aromatic nitrogens is 1. The van der Waals surface area contributed by atoms with Crippen LogP contribution in [-0.2, 0) is 16.4 Å². The molecule has 1 aliphatic rings. The van der Waals surface area contributed by atoms with Crippen molar-refractivity contribution in [3.8, 4) is 17.2 Å². The molecule has 4 rings (SSSR count). The number of sulfonamides is 1. The molecule has 2 aromatic carbocycles. The number of thiazole rings is 1. The molecule has 0 amide bonds. The van der Waals surface area contributed by atoms with Gasteiger partial charge in [0.15, 0.2) is 16.6 Å². The van der Waals surface area contributed by atoms with Gasteiger partial charge >= 0.3 is 0 Å². The van der Waals surface area contributed by atoms with Crippen molar-refractivity contribution in [3.05, 3.63) is 59.1 Å². The molecule has 0 aliphatic carbocycles. The predicted molar refractivity (Wildman–Crippen MR) is 128 cm³/mol. The van der Waals surface area contributed by atoms with Crippen LogP contribution in [0.15, 0.2) is 52.7 Å². The molecule has 0 atom stereocenters. The van der Waals surface area contributed by atoms with E-state index in [1.165, 1.54) is 4.31 Å². The highest BCUT2D eigenvalue weighted by Gasteiger charge is 2.22. The molecular weight excluding hydrogens is 462 g/mol. The summed E-state index contributed by atoms with van der Waals surface area (Å²) in [6, 6.07) is 12.3. The first-order valence-corrected chi connectivity index (χ1v) is 12.9. The van der Waals surface area contributed by atoms with Gasteiger partial charge in [0.1, 0.15) is 5.75 Å². The van der Waals surface area contributed by atoms with E-state index in [1.54, 1.807) is 49.8 Å². The Morgan fingerprint density at radius 2 is 1.85 bits per heavy atom. The highest BCUT2D eigenvalue weighted by Crippen LogP contribution is 2.33. The lowest BCUT2D eigenvalue weighted by Crippen LogP contribution is -2.36. The van der Waals surface area contributed by atoms with Crippen molar-refractivity contribution < 1.29 is 22.6 Å². The molecule has 1 aromatic heterocycles. The second-order valence-corrected chi connectivity index (χ2v) is 10.4. The number of hydrogen-bond acceptors (Lipinski definition) is 8. The topological polar surface area (TPSA) is 81.2 Å². The van der Waals surface area contributed by atoms with Gasteiger partial charge in [-0.1, -0.05) is 6.07 Å². The van der Waals surface area contributed by atoms with Crippen LogP contribution in [-0.4, -0.2) is 58.3 Å². The summed E-state index contributed by atoms with van der Waals surface area (Å²) in [5.74, 6) is 2.15. The Hall–Kier alpha value is -2.82. The van der Waals surface area contributed by atoms with Crippen LogP contribution >= 0.6 is 11.3 Å². The van der Waals surface area contributed by atoms with Gasteiger partial charge in [-0.2, -0.15) is 4.31 Å². The zero-order chi connectivity index (χ0) is 23.4. The maximum Gasteiger partial charge on any atom is 0.242 e. The lowest BCUT2D eigenvalue weighted by atomic mass is 10.1. The van der Waals surface area contributed by atoms with Crippen molar-refractivity contribution in [3.63, 3.8) is 0 Å². The average molecular weight is 490 g/mol. The van der Waals surface area contributed by atoms with Crippen LogP contribution in [0.1, 0.15) is 18.2 Å². The number of benzene rings is 2. The van der Waals surface area contributed by atoms with Gasteiger partial charge in [0, 0.05) is 38.5 Å². The minimum Gasteiger partial charge on any atom is -0.497 e. The minimum absolute atomic E-state index is 0.245. The van der Waals surface area contributed by atoms with Gasteiger partial charge in [-0.3, -0.25) is 0 Å². The zero-order valence-electron chi connectivity index (χ0n) is 18.9. The van der Waals surface area contributed by atoms with Crippen molar-refractivity contribution in [2.24, 2.45) is 0 Å². The number of hydrogen-bond donors (Lipinski definition) is 0. The Balaban J connectivity index is 1.38. The Morgan fingerprint density at radius 3 is 2.58 bits per heavy atom. The van der Waals surface area contributed by atoms with Crippen LogP contribution in [0, 0.1) is 0 Å². The third-order valence-electron chi connectivity index (χ3n) is 5.47. The molecule has 176 valence electrons. The normalized spacial score (nSPS) is 12.8. The molecule has 0 bridgehead atoms. The second kappa shape index (κ2) is 9.98. The van der Waals surface area contributed by atoms with Crippen LogP contribution in [0.2, 0.25) is 0 Å². The average Bonchev–Trinajstić information content (AvgIpc) is 3.48. The van der Waals surface area contributed by atoms with Gasteiger partial charge in [0.05, 0.1) is 17.7 Å². The van der Waals surface area contributed by atoms with Crippen LogP contribution in [0.25, 0.3) is 0 Å². The molecule has 0 N–H and O–H groups in total. The van der Waals surface area contributed by atoms with Gasteiger partial charge in [0.25, 0.3) is 0 Å². The van der Waals surface area contributed by atoms with E-state index < -0.39 is 10.0 Å². The third-order valence-corrected chi connectivity index (χ3v) is 8.29. The van der Waals surface area contributed by atoms with E-state index in [2.05, 4.69) is 4.90 Å². The molecule has 0 radical (unpaired) electrons. The van der Waals surface area contributed by atoms with Gasteiger partial charge < -0.3 is 19.1 Å². The number of nitrogens with zero attached hydrogens (tertiary/aromatic N) is 3. The number of methoxy groups -OCH3 is 1. The maximum absolute atomic E-state index is 12.9. The summed E-state index contributed by atoms with van der Waals surface area (Å²) in [6.45, 7) is 3.91. The molecular formula is C23H27N3O5S2. The van der Waals surface area contributed by atoms with Crippen LogP contribution in [0.5, 0.6) is 17.2 Å². The molecule has 33 heavy (non-hydrogen) atoms. The Morgan fingerprint density at radius 1 is 1.09 bits per heavy atom. The first-order valence-electron chi connectivity index (χ1n) is 10.6. The van der Waals surface area contributed by atoms with Gasteiger partial charge in [0.2, 0.25) is 16.8 Å². The molecule has 0 saturated heterocycles. The molecule has 0 spiro atoms. The predicted octanol–water partition coefficient (Wildman–Crippen LogP) is 3.62. The van der Waals surface area contributed by atoms with Crippen molar-refractivity contribution in [2.45, 2.75) is 18.2 Å². The fraction of sp³-hybridized carbons (Fsp3) is 0.348. The standard InChI is InChI=1S/C23H27N3O5S2/c1-4-26(12-11-25(2)33(27,28)20-8-6-19(29-3)7-9-20)23-24-18(15-32-23)13-17-5-10-21-22(14-17)31-16-30-21/h5-10,14-15H,4,11-13,16H2,1-3H3. The lowest BCUT2D eigenvalue weighted by molar-refractivity contribution is 0.174. The molecule has 1 aliphatic heterocycles. The van der Waals surface area contributed by atoms with E-state index in [-0.39, 0.29) is 11.7 Å². The van der Waals surface area contributed by atoms with E-state index in [1.807, 2.05) is 30.5 Å². The molecule has 10 heteroatoms. The molecule has 3 aromatic rings. The molecule has 8 nitrogen and oxygen atoms in total. The second-order valence-electron chi connectivity index (χ2n) is 7.57. The van der Waals surface area contributed by atoms with Crippen LogP contribution < -0.4 is 19.1 Å². The molecule has 2 heterocycles. The number of ether oxygens (including phenoxy) is 3. The summed E-state index contributed by atoms with van der Waals surface area (Å²) in [5.41, 5.74) is 2.07. The van der Waals surface area contributed by atoms with E-state index in [0.29, 0.717) is 25.3 Å². The lowest BCUT2D eigenvalue weighted by Gasteiger charge is -2.24. The van der Waals surface area contributed by atoms with Crippen molar-refractivity contribution in [1.82, 2.24) is 9.29 Å². The summed E-state index contributed by atoms with van der Waals surface area (Å²) < 4.78 is 43.1. The number of anilines is 1. The fourth-order valence-electron chi connectivity index (χ4n) is 3.48. The van der Waals surface area contributed by atoms with Crippen molar-refractivity contribution >= 4 is 26.5 Å². The molecule has 0 unspecified atom stereocenters. The highest BCUT2D eigenvalue weighted by molar-refractivity contribution is 7.89. The zero-order valence-corrected chi connectivity index (χ0v) is 20.5. The van der Waals surface area contributed by atoms with Gasteiger partial charge in [-0.15, -0.1) is 11.3 Å². The quantitative estimate of drug-likeness (QED) is 0.430. The van der Waals surface area contributed by atoms with Gasteiger partial charge in [-0.25, -0.2) is 13.4 Å². The Labute approximate surface area is 198 Å². The summed E-state index contributed by atoms with van der Waals surface area (Å²) in [7, 11) is -0.431. The highest BCUT2D eigenvalue weighted by atomic mass is 32.2. The smallest absolute Gasteiger partial charge is 0.242 e. The monoisotopic (exact) mass is 489 g/mol. The Kier molecular flexibility index (Phi) is 7.06. The summed E-state index contributed by atoms with van der Waals surface area (Å²) in [5, 5.41) is 2.92. The minimum atomic E-state index is -3.58. The summed E-state index contributed by atoms with van der Waals surface area (Å²) in [6.07, 6.45) is 0.691. The van der Waals surface area contributed by atoms with E-state index in [9.17, 15) is 8.42 Å². The number of rotatable bonds is 10. The van der Waals surface area contributed by atoms with E-state index >= 15 is 0 Å².